The summed E-state index contributed by atoms with van der Waals surface area (Å²) in [7, 11) is 0. The summed E-state index contributed by atoms with van der Waals surface area (Å²) in [5.74, 6) is 0.0318. The molecule has 0 unspecified atom stereocenters. The van der Waals surface area contributed by atoms with Gasteiger partial charge in [0.15, 0.2) is 5.78 Å². The van der Waals surface area contributed by atoms with Crippen LogP contribution in [0.3, 0.4) is 0 Å². The van der Waals surface area contributed by atoms with E-state index in [1.807, 2.05) is 72.8 Å². The van der Waals surface area contributed by atoms with E-state index in [-0.39, 0.29) is 5.78 Å². The largest absolute Gasteiger partial charge is 0.289 e. The number of aromatic nitrogens is 1. The van der Waals surface area contributed by atoms with E-state index in [9.17, 15) is 4.79 Å². The average molecular weight is 283 g/mol. The van der Waals surface area contributed by atoms with Crippen LogP contribution in [0, 0.1) is 0 Å². The fraction of sp³-hybridized carbons (Fsp3) is 0. The molecule has 2 nitrogen and oxygen atoms in total. The minimum atomic E-state index is 0.0318. The SMILES string of the molecule is O=C(c1ccccc1)c1cccc2ccc3cccnc3c12. The third kappa shape index (κ3) is 1.97. The van der Waals surface area contributed by atoms with E-state index in [1.165, 1.54) is 0 Å². The van der Waals surface area contributed by atoms with Gasteiger partial charge in [0, 0.05) is 28.1 Å². The van der Waals surface area contributed by atoms with Gasteiger partial charge in [0.25, 0.3) is 0 Å². The summed E-state index contributed by atoms with van der Waals surface area (Å²) in [5, 5.41) is 3.01. The highest BCUT2D eigenvalue weighted by Crippen LogP contribution is 2.28. The molecule has 0 fully saturated rings. The molecule has 0 spiro atoms. The van der Waals surface area contributed by atoms with Crippen molar-refractivity contribution >= 4 is 27.5 Å². The minimum Gasteiger partial charge on any atom is -0.289 e. The summed E-state index contributed by atoms with van der Waals surface area (Å²) >= 11 is 0. The lowest BCUT2D eigenvalue weighted by Gasteiger charge is -2.08. The Hall–Kier alpha value is -3.00. The van der Waals surface area contributed by atoms with Crippen LogP contribution in [0.5, 0.6) is 0 Å². The summed E-state index contributed by atoms with van der Waals surface area (Å²) in [5.41, 5.74) is 2.27. The maximum absolute atomic E-state index is 12.9. The Morgan fingerprint density at radius 1 is 0.727 bits per heavy atom. The number of pyridine rings is 1. The molecular weight excluding hydrogens is 270 g/mol. The lowest BCUT2D eigenvalue weighted by molar-refractivity contribution is 0.104. The first-order valence-electron chi connectivity index (χ1n) is 7.21. The van der Waals surface area contributed by atoms with Gasteiger partial charge in [0.2, 0.25) is 0 Å². The van der Waals surface area contributed by atoms with Gasteiger partial charge in [-0.25, -0.2) is 0 Å². The van der Waals surface area contributed by atoms with Gasteiger partial charge in [-0.3, -0.25) is 9.78 Å². The van der Waals surface area contributed by atoms with Crippen LogP contribution in [0.2, 0.25) is 0 Å². The average Bonchev–Trinajstić information content (AvgIpc) is 2.61. The zero-order valence-corrected chi connectivity index (χ0v) is 11.9. The van der Waals surface area contributed by atoms with E-state index in [2.05, 4.69) is 4.98 Å². The number of nitrogens with zero attached hydrogens (tertiary/aromatic N) is 1. The van der Waals surface area contributed by atoms with E-state index in [1.54, 1.807) is 6.20 Å². The molecule has 0 aliphatic carbocycles. The second-order valence-corrected chi connectivity index (χ2v) is 5.24. The maximum Gasteiger partial charge on any atom is 0.193 e. The zero-order valence-electron chi connectivity index (χ0n) is 11.9. The first-order chi connectivity index (χ1) is 10.8. The van der Waals surface area contributed by atoms with Gasteiger partial charge in [0.1, 0.15) is 0 Å². The molecule has 0 aliphatic rings. The number of carbonyl (C=O) groups excluding carboxylic acids is 1. The van der Waals surface area contributed by atoms with Crippen LogP contribution in [0.25, 0.3) is 21.7 Å². The van der Waals surface area contributed by atoms with E-state index in [0.717, 1.165) is 21.7 Å². The molecule has 0 N–H and O–H groups in total. The van der Waals surface area contributed by atoms with Crippen molar-refractivity contribution in [3.8, 4) is 0 Å². The molecule has 0 atom stereocenters. The van der Waals surface area contributed by atoms with Crippen LogP contribution < -0.4 is 0 Å². The smallest absolute Gasteiger partial charge is 0.193 e. The lowest BCUT2D eigenvalue weighted by atomic mass is 9.95. The van der Waals surface area contributed by atoms with E-state index in [4.69, 9.17) is 0 Å². The number of carbonyl (C=O) groups is 1. The number of fused-ring (bicyclic) bond motifs is 3. The first kappa shape index (κ1) is 12.7. The summed E-state index contributed by atoms with van der Waals surface area (Å²) in [6, 6.07) is 23.2. The normalized spacial score (nSPS) is 10.9. The molecule has 4 rings (SSSR count). The van der Waals surface area contributed by atoms with Crippen molar-refractivity contribution in [2.24, 2.45) is 0 Å². The predicted octanol–water partition coefficient (Wildman–Crippen LogP) is 4.62. The van der Waals surface area contributed by atoms with Gasteiger partial charge < -0.3 is 0 Å². The molecule has 22 heavy (non-hydrogen) atoms. The van der Waals surface area contributed by atoms with Gasteiger partial charge in [-0.1, -0.05) is 66.7 Å². The van der Waals surface area contributed by atoms with Crippen molar-refractivity contribution in [1.82, 2.24) is 4.98 Å². The second-order valence-electron chi connectivity index (χ2n) is 5.24. The summed E-state index contributed by atoms with van der Waals surface area (Å²) in [4.78, 5) is 17.4. The van der Waals surface area contributed by atoms with Crippen molar-refractivity contribution in [3.05, 3.63) is 90.1 Å². The molecule has 0 aliphatic heterocycles. The highest BCUT2D eigenvalue weighted by molar-refractivity contribution is 6.21. The van der Waals surface area contributed by atoms with Crippen molar-refractivity contribution in [3.63, 3.8) is 0 Å². The van der Waals surface area contributed by atoms with E-state index >= 15 is 0 Å². The lowest BCUT2D eigenvalue weighted by Crippen LogP contribution is -2.02. The Morgan fingerprint density at radius 3 is 2.36 bits per heavy atom. The number of hydrogen-bond acceptors (Lipinski definition) is 2. The quantitative estimate of drug-likeness (QED) is 0.397. The molecule has 0 radical (unpaired) electrons. The fourth-order valence-electron chi connectivity index (χ4n) is 2.85. The highest BCUT2D eigenvalue weighted by atomic mass is 16.1. The van der Waals surface area contributed by atoms with E-state index in [0.29, 0.717) is 11.1 Å². The third-order valence-corrected chi connectivity index (χ3v) is 3.90. The Kier molecular flexibility index (Phi) is 2.94. The zero-order chi connectivity index (χ0) is 14.9. The van der Waals surface area contributed by atoms with Gasteiger partial charge >= 0.3 is 0 Å². The topological polar surface area (TPSA) is 30.0 Å². The molecule has 0 saturated carbocycles. The number of rotatable bonds is 2. The van der Waals surface area contributed by atoms with Crippen LogP contribution >= 0.6 is 0 Å². The second kappa shape index (κ2) is 5.08. The van der Waals surface area contributed by atoms with Crippen LogP contribution in [0.15, 0.2) is 79.0 Å². The van der Waals surface area contributed by atoms with Gasteiger partial charge in [-0.2, -0.15) is 0 Å². The predicted molar refractivity (Wildman–Crippen MR) is 89.1 cm³/mol. The van der Waals surface area contributed by atoms with Crippen LogP contribution in [-0.4, -0.2) is 10.8 Å². The standard InChI is InChI=1S/C20H13NO/c22-20(16-6-2-1-3-7-16)17-10-4-8-14-11-12-15-9-5-13-21-19(15)18(14)17/h1-13H. The van der Waals surface area contributed by atoms with Gasteiger partial charge in [-0.05, 0) is 11.5 Å². The molecular formula is C20H13NO. The first-order valence-corrected chi connectivity index (χ1v) is 7.21. The van der Waals surface area contributed by atoms with Crippen LogP contribution in [0.1, 0.15) is 15.9 Å². The molecule has 0 bridgehead atoms. The summed E-state index contributed by atoms with van der Waals surface area (Å²) < 4.78 is 0. The molecule has 104 valence electrons. The number of hydrogen-bond donors (Lipinski definition) is 0. The Bertz CT molecular complexity index is 990. The molecule has 0 amide bonds. The Balaban J connectivity index is 2.06. The van der Waals surface area contributed by atoms with Gasteiger partial charge in [0.05, 0.1) is 5.52 Å². The Morgan fingerprint density at radius 2 is 1.50 bits per heavy atom. The molecule has 2 heteroatoms. The van der Waals surface area contributed by atoms with E-state index < -0.39 is 0 Å². The van der Waals surface area contributed by atoms with Crippen molar-refractivity contribution < 1.29 is 4.79 Å². The Labute approximate surface area is 128 Å². The minimum absolute atomic E-state index is 0.0318. The van der Waals surface area contributed by atoms with Crippen molar-refractivity contribution in [2.45, 2.75) is 0 Å². The molecule has 3 aromatic carbocycles. The summed E-state index contributed by atoms with van der Waals surface area (Å²) in [6.45, 7) is 0. The maximum atomic E-state index is 12.9. The number of benzene rings is 3. The number of ketones is 1. The molecule has 1 heterocycles. The van der Waals surface area contributed by atoms with Crippen molar-refractivity contribution in [1.29, 1.82) is 0 Å². The molecule has 0 saturated heterocycles. The monoisotopic (exact) mass is 283 g/mol. The molecule has 1 aromatic heterocycles. The highest BCUT2D eigenvalue weighted by Gasteiger charge is 2.14. The van der Waals surface area contributed by atoms with Crippen molar-refractivity contribution in [2.75, 3.05) is 0 Å². The van der Waals surface area contributed by atoms with Crippen LogP contribution in [0.4, 0.5) is 0 Å². The fourth-order valence-corrected chi connectivity index (χ4v) is 2.85. The van der Waals surface area contributed by atoms with Crippen LogP contribution in [-0.2, 0) is 0 Å². The van der Waals surface area contributed by atoms with Gasteiger partial charge in [-0.15, -0.1) is 0 Å². The summed E-state index contributed by atoms with van der Waals surface area (Å²) in [6.07, 6.45) is 1.77. The molecule has 4 aromatic rings. The third-order valence-electron chi connectivity index (χ3n) is 3.90.